The molecule has 1 heteroatoms. The van der Waals surface area contributed by atoms with Crippen molar-refractivity contribution >= 4 is 0 Å². The van der Waals surface area contributed by atoms with Gasteiger partial charge in [0.1, 0.15) is 0 Å². The van der Waals surface area contributed by atoms with E-state index in [2.05, 4.69) is 18.9 Å². The first kappa shape index (κ1) is 16.0. The molecule has 0 saturated carbocycles. The van der Waals surface area contributed by atoms with E-state index in [0.29, 0.717) is 0 Å². The summed E-state index contributed by atoms with van der Waals surface area (Å²) in [6, 6.07) is 0.916. The van der Waals surface area contributed by atoms with Crippen LogP contribution in [0.2, 0.25) is 0 Å². The molecule has 1 unspecified atom stereocenters. The van der Waals surface area contributed by atoms with E-state index >= 15 is 0 Å². The molecule has 1 atom stereocenters. The topological polar surface area (TPSA) is 3.24 Å². The van der Waals surface area contributed by atoms with Crippen molar-refractivity contribution in [3.63, 3.8) is 0 Å². The zero-order valence-electron chi connectivity index (χ0n) is 12.9. The molecule has 0 N–H and O–H groups in total. The highest BCUT2D eigenvalue weighted by Gasteiger charge is 2.19. The Labute approximate surface area is 115 Å². The van der Waals surface area contributed by atoms with Crippen LogP contribution in [0.5, 0.6) is 0 Å². The Hall–Kier alpha value is -0.0400. The van der Waals surface area contributed by atoms with E-state index in [4.69, 9.17) is 0 Å². The van der Waals surface area contributed by atoms with Crippen molar-refractivity contribution in [2.24, 2.45) is 0 Å². The maximum atomic E-state index is 2.56. The molecule has 0 aromatic rings. The van der Waals surface area contributed by atoms with E-state index < -0.39 is 0 Å². The molecule has 108 valence electrons. The fourth-order valence-corrected chi connectivity index (χ4v) is 3.21. The Morgan fingerprint density at radius 2 is 1.39 bits per heavy atom. The van der Waals surface area contributed by atoms with Crippen LogP contribution in [0.4, 0.5) is 0 Å². The number of rotatable bonds is 11. The van der Waals surface area contributed by atoms with E-state index in [9.17, 15) is 0 Å². The highest BCUT2D eigenvalue weighted by atomic mass is 15.1. The van der Waals surface area contributed by atoms with Gasteiger partial charge in [-0.05, 0) is 32.9 Å². The van der Waals surface area contributed by atoms with Crippen LogP contribution in [0, 0.1) is 0 Å². The van der Waals surface area contributed by atoms with Gasteiger partial charge >= 0.3 is 0 Å². The van der Waals surface area contributed by atoms with Gasteiger partial charge in [0.2, 0.25) is 0 Å². The number of hydrogen-bond donors (Lipinski definition) is 0. The average Bonchev–Trinajstić information content (AvgIpc) is 2.77. The fraction of sp³-hybridized carbons (Fsp3) is 1.00. The van der Waals surface area contributed by atoms with Crippen LogP contribution in [0.25, 0.3) is 0 Å². The number of unbranched alkanes of at least 4 members (excludes halogenated alkanes) is 9. The molecule has 1 heterocycles. The summed E-state index contributed by atoms with van der Waals surface area (Å²) in [5.74, 6) is 0. The van der Waals surface area contributed by atoms with Gasteiger partial charge in [0.25, 0.3) is 0 Å². The van der Waals surface area contributed by atoms with Crippen LogP contribution in [-0.4, -0.2) is 24.5 Å². The second kappa shape index (κ2) is 10.8. The maximum absolute atomic E-state index is 2.56. The summed E-state index contributed by atoms with van der Waals surface area (Å²) in [6.07, 6.45) is 18.9. The lowest BCUT2D eigenvalue weighted by Gasteiger charge is -2.18. The second-order valence-corrected chi connectivity index (χ2v) is 6.25. The first-order valence-electron chi connectivity index (χ1n) is 8.55. The minimum Gasteiger partial charge on any atom is -0.303 e. The van der Waals surface area contributed by atoms with E-state index in [1.165, 1.54) is 90.0 Å². The lowest BCUT2D eigenvalue weighted by molar-refractivity contribution is 0.289. The van der Waals surface area contributed by atoms with Gasteiger partial charge in [-0.25, -0.2) is 0 Å². The van der Waals surface area contributed by atoms with Crippen LogP contribution in [0.1, 0.15) is 90.4 Å². The fourth-order valence-electron chi connectivity index (χ4n) is 3.21. The number of likely N-dealkylation sites (tertiary alicyclic amines) is 1. The first-order chi connectivity index (χ1) is 8.84. The van der Waals surface area contributed by atoms with Crippen molar-refractivity contribution in [2.45, 2.75) is 96.4 Å². The minimum atomic E-state index is 0.916. The molecule has 0 bridgehead atoms. The predicted molar refractivity (Wildman–Crippen MR) is 82.1 cm³/mol. The van der Waals surface area contributed by atoms with Gasteiger partial charge in [-0.1, -0.05) is 71.1 Å². The Kier molecular flexibility index (Phi) is 9.65. The lowest BCUT2D eigenvalue weighted by Crippen LogP contribution is -2.24. The highest BCUT2D eigenvalue weighted by molar-refractivity contribution is 4.75. The molecule has 0 aliphatic carbocycles. The summed E-state index contributed by atoms with van der Waals surface area (Å²) in [6.45, 7) is 3.63. The summed E-state index contributed by atoms with van der Waals surface area (Å²) >= 11 is 0. The van der Waals surface area contributed by atoms with Gasteiger partial charge in [0, 0.05) is 6.04 Å². The smallest absolute Gasteiger partial charge is 0.00926 e. The molecule has 1 fully saturated rings. The molecular weight excluding hydrogens is 218 g/mol. The molecule has 0 amide bonds. The monoisotopic (exact) mass is 253 g/mol. The molecule has 0 aromatic heterocycles. The zero-order chi connectivity index (χ0) is 13.1. The van der Waals surface area contributed by atoms with Crippen LogP contribution >= 0.6 is 0 Å². The SMILES string of the molecule is CCCCCCCCCCCCC1CCCN1C. The standard InChI is InChI=1S/C17H35N/c1-3-4-5-6-7-8-9-10-11-12-14-17-15-13-16-18(17)2/h17H,3-16H2,1-2H3. The maximum Gasteiger partial charge on any atom is 0.00926 e. The average molecular weight is 253 g/mol. The Morgan fingerprint density at radius 3 is 1.89 bits per heavy atom. The van der Waals surface area contributed by atoms with Gasteiger partial charge in [0.05, 0.1) is 0 Å². The van der Waals surface area contributed by atoms with Crippen LogP contribution in [0.15, 0.2) is 0 Å². The molecule has 1 saturated heterocycles. The number of nitrogens with zero attached hydrogens (tertiary/aromatic N) is 1. The highest BCUT2D eigenvalue weighted by Crippen LogP contribution is 2.20. The van der Waals surface area contributed by atoms with E-state index in [0.717, 1.165) is 6.04 Å². The molecule has 1 aliphatic rings. The molecular formula is C17H35N. The summed E-state index contributed by atoms with van der Waals surface area (Å²) in [5, 5.41) is 0. The third-order valence-corrected chi connectivity index (χ3v) is 4.56. The summed E-state index contributed by atoms with van der Waals surface area (Å²) in [4.78, 5) is 2.56. The van der Waals surface area contributed by atoms with Crippen molar-refractivity contribution in [1.29, 1.82) is 0 Å². The molecule has 0 radical (unpaired) electrons. The van der Waals surface area contributed by atoms with Crippen molar-refractivity contribution in [2.75, 3.05) is 13.6 Å². The largest absolute Gasteiger partial charge is 0.303 e. The summed E-state index contributed by atoms with van der Waals surface area (Å²) < 4.78 is 0. The Balaban J connectivity index is 1.76. The van der Waals surface area contributed by atoms with Gasteiger partial charge < -0.3 is 4.90 Å². The Bertz CT molecular complexity index is 178. The molecule has 0 spiro atoms. The second-order valence-electron chi connectivity index (χ2n) is 6.25. The van der Waals surface area contributed by atoms with Gasteiger partial charge in [-0.2, -0.15) is 0 Å². The molecule has 18 heavy (non-hydrogen) atoms. The quantitative estimate of drug-likeness (QED) is 0.446. The lowest BCUT2D eigenvalue weighted by atomic mass is 10.0. The van der Waals surface area contributed by atoms with Gasteiger partial charge in [0.15, 0.2) is 0 Å². The van der Waals surface area contributed by atoms with E-state index in [1.54, 1.807) is 0 Å². The molecule has 1 aliphatic heterocycles. The number of hydrogen-bond acceptors (Lipinski definition) is 1. The van der Waals surface area contributed by atoms with Gasteiger partial charge in [-0.15, -0.1) is 0 Å². The van der Waals surface area contributed by atoms with E-state index in [1.807, 2.05) is 0 Å². The van der Waals surface area contributed by atoms with Gasteiger partial charge in [-0.3, -0.25) is 0 Å². The molecule has 0 aromatic carbocycles. The third-order valence-electron chi connectivity index (χ3n) is 4.56. The van der Waals surface area contributed by atoms with Crippen molar-refractivity contribution in [3.05, 3.63) is 0 Å². The zero-order valence-corrected chi connectivity index (χ0v) is 12.9. The van der Waals surface area contributed by atoms with Crippen LogP contribution in [0.3, 0.4) is 0 Å². The van der Waals surface area contributed by atoms with E-state index in [-0.39, 0.29) is 0 Å². The van der Waals surface area contributed by atoms with Crippen molar-refractivity contribution in [1.82, 2.24) is 4.90 Å². The molecule has 1 rings (SSSR count). The molecule has 1 nitrogen and oxygen atoms in total. The minimum absolute atomic E-state index is 0.916. The Morgan fingerprint density at radius 1 is 0.833 bits per heavy atom. The summed E-state index contributed by atoms with van der Waals surface area (Å²) in [5.41, 5.74) is 0. The normalized spacial score (nSPS) is 20.7. The predicted octanol–water partition coefficient (Wildman–Crippen LogP) is 5.39. The van der Waals surface area contributed by atoms with Crippen molar-refractivity contribution in [3.8, 4) is 0 Å². The third kappa shape index (κ3) is 7.41. The first-order valence-corrected chi connectivity index (χ1v) is 8.55. The van der Waals surface area contributed by atoms with Crippen LogP contribution in [-0.2, 0) is 0 Å². The van der Waals surface area contributed by atoms with Crippen molar-refractivity contribution < 1.29 is 0 Å². The summed E-state index contributed by atoms with van der Waals surface area (Å²) in [7, 11) is 2.30. The van der Waals surface area contributed by atoms with Crippen LogP contribution < -0.4 is 0 Å².